The molecule has 0 radical (unpaired) electrons. The number of hydrogen-bond acceptors (Lipinski definition) is 9. The maximum absolute atomic E-state index is 5.76. The highest BCUT2D eigenvalue weighted by molar-refractivity contribution is 5.86. The Bertz CT molecular complexity index is 654. The maximum atomic E-state index is 5.76. The van der Waals surface area contributed by atoms with Crippen molar-refractivity contribution in [2.24, 2.45) is 0 Å². The van der Waals surface area contributed by atoms with E-state index < -0.39 is 0 Å². The van der Waals surface area contributed by atoms with Crippen molar-refractivity contribution in [1.29, 1.82) is 0 Å². The molecule has 0 saturated heterocycles. The van der Waals surface area contributed by atoms with Crippen LogP contribution in [0.2, 0.25) is 0 Å². The summed E-state index contributed by atoms with van der Waals surface area (Å²) in [6.07, 6.45) is 0. The van der Waals surface area contributed by atoms with E-state index in [2.05, 4.69) is 20.6 Å². The third kappa shape index (κ3) is 7.52. The van der Waals surface area contributed by atoms with Gasteiger partial charge in [0.1, 0.15) is 11.4 Å². The van der Waals surface area contributed by atoms with Gasteiger partial charge in [0, 0.05) is 24.8 Å². The minimum absolute atomic E-state index is 0. The standard InChI is InChI=1S/C13H20N8O.4ClH/c1-22-9-6-7(2-3-8(9)14)18-4-5-19-13-20-11(16)10(15)12(17)21-13;;;;/h2-3,6,18H,4-5,14-15H2,1H3,(H5,16,17,19,20,21);4*1H. The number of nitrogens with one attached hydrogen (secondary N) is 2. The number of benzene rings is 1. The van der Waals surface area contributed by atoms with Gasteiger partial charge in [-0.1, -0.05) is 0 Å². The Morgan fingerprint density at radius 2 is 1.42 bits per heavy atom. The number of rotatable bonds is 6. The van der Waals surface area contributed by atoms with Crippen molar-refractivity contribution >= 4 is 84.3 Å². The topological polar surface area (TPSA) is 163 Å². The summed E-state index contributed by atoms with van der Waals surface area (Å²) in [5.74, 6) is 1.28. The highest BCUT2D eigenvalue weighted by atomic mass is 35.5. The van der Waals surface area contributed by atoms with Gasteiger partial charge in [0.15, 0.2) is 11.6 Å². The summed E-state index contributed by atoms with van der Waals surface area (Å²) in [6, 6.07) is 5.47. The zero-order valence-corrected chi connectivity index (χ0v) is 17.2. The van der Waals surface area contributed by atoms with Gasteiger partial charge < -0.3 is 38.3 Å². The van der Waals surface area contributed by atoms with Crippen LogP contribution in [0.5, 0.6) is 5.75 Å². The van der Waals surface area contributed by atoms with E-state index in [1.807, 2.05) is 12.1 Å². The lowest BCUT2D eigenvalue weighted by atomic mass is 10.2. The molecule has 13 heteroatoms. The van der Waals surface area contributed by atoms with Gasteiger partial charge in [0.05, 0.1) is 12.8 Å². The number of nitrogens with zero attached hydrogens (tertiary/aromatic N) is 2. The fourth-order valence-electron chi connectivity index (χ4n) is 1.79. The summed E-state index contributed by atoms with van der Waals surface area (Å²) in [4.78, 5) is 8.01. The Kier molecular flexibility index (Phi) is 14.7. The van der Waals surface area contributed by atoms with Crippen LogP contribution in [-0.4, -0.2) is 30.2 Å². The molecule has 2 rings (SSSR count). The Labute approximate surface area is 176 Å². The number of nitrogens with two attached hydrogens (primary N) is 4. The van der Waals surface area contributed by atoms with Crippen LogP contribution in [0.1, 0.15) is 0 Å². The summed E-state index contributed by atoms with van der Waals surface area (Å²) in [7, 11) is 1.57. The molecule has 0 fully saturated rings. The number of aromatic nitrogens is 2. The Balaban J connectivity index is -0.00000132. The lowest BCUT2D eigenvalue weighted by molar-refractivity contribution is 0.417. The van der Waals surface area contributed by atoms with Crippen LogP contribution in [-0.2, 0) is 0 Å². The molecule has 0 bridgehead atoms. The summed E-state index contributed by atoms with van der Waals surface area (Å²) < 4.78 is 5.16. The van der Waals surface area contributed by atoms with Gasteiger partial charge in [0.25, 0.3) is 0 Å². The molecule has 0 aliphatic rings. The van der Waals surface area contributed by atoms with Crippen LogP contribution in [0, 0.1) is 0 Å². The molecule has 0 atom stereocenters. The van der Waals surface area contributed by atoms with E-state index in [-0.39, 0.29) is 67.0 Å². The van der Waals surface area contributed by atoms with E-state index in [0.717, 1.165) is 5.69 Å². The van der Waals surface area contributed by atoms with Crippen LogP contribution >= 0.6 is 49.6 Å². The van der Waals surface area contributed by atoms with Crippen molar-refractivity contribution in [2.75, 3.05) is 53.8 Å². The molecular formula is C13H24Cl4N8O. The van der Waals surface area contributed by atoms with Gasteiger partial charge in [-0.05, 0) is 12.1 Å². The molecule has 0 saturated carbocycles. The second-order valence-corrected chi connectivity index (χ2v) is 4.54. The molecule has 0 amide bonds. The fourth-order valence-corrected chi connectivity index (χ4v) is 1.79. The second kappa shape index (κ2) is 13.3. The predicted molar refractivity (Wildman–Crippen MR) is 119 cm³/mol. The molecule has 0 unspecified atom stereocenters. The molecule has 2 aromatic rings. The van der Waals surface area contributed by atoms with Gasteiger partial charge >= 0.3 is 0 Å². The largest absolute Gasteiger partial charge is 0.495 e. The third-order valence-electron chi connectivity index (χ3n) is 2.98. The first-order valence-corrected chi connectivity index (χ1v) is 6.61. The van der Waals surface area contributed by atoms with Crippen molar-refractivity contribution in [2.45, 2.75) is 0 Å². The van der Waals surface area contributed by atoms with E-state index in [1.165, 1.54) is 0 Å². The molecule has 10 N–H and O–H groups in total. The average Bonchev–Trinajstić information content (AvgIpc) is 2.50. The van der Waals surface area contributed by atoms with E-state index >= 15 is 0 Å². The molecule has 26 heavy (non-hydrogen) atoms. The van der Waals surface area contributed by atoms with Gasteiger partial charge in [-0.2, -0.15) is 9.97 Å². The summed E-state index contributed by atoms with van der Waals surface area (Å²) in [6.45, 7) is 1.19. The first-order chi connectivity index (χ1) is 10.5. The van der Waals surface area contributed by atoms with E-state index in [1.54, 1.807) is 13.2 Å². The first kappa shape index (κ1) is 28.8. The fraction of sp³-hybridized carbons (Fsp3) is 0.231. The molecule has 9 nitrogen and oxygen atoms in total. The highest BCUT2D eigenvalue weighted by Crippen LogP contribution is 2.24. The smallest absolute Gasteiger partial charge is 0.226 e. The predicted octanol–water partition coefficient (Wildman–Crippen LogP) is 2.03. The lowest BCUT2D eigenvalue weighted by Gasteiger charge is -2.11. The average molecular weight is 450 g/mol. The quantitative estimate of drug-likeness (QED) is 0.286. The SMILES string of the molecule is COc1cc(NCCNc2nc(N)c(N)c(N)n2)ccc1N.Cl.Cl.Cl.Cl. The molecule has 1 aromatic heterocycles. The van der Waals surface area contributed by atoms with E-state index in [0.29, 0.717) is 30.5 Å². The summed E-state index contributed by atoms with van der Waals surface area (Å²) in [5, 5.41) is 6.22. The number of anilines is 6. The van der Waals surface area contributed by atoms with E-state index in [4.69, 9.17) is 27.7 Å². The highest BCUT2D eigenvalue weighted by Gasteiger charge is 2.06. The van der Waals surface area contributed by atoms with E-state index in [9.17, 15) is 0 Å². The molecule has 1 aromatic carbocycles. The zero-order chi connectivity index (χ0) is 16.1. The number of halogens is 4. The lowest BCUT2D eigenvalue weighted by Crippen LogP contribution is -2.16. The van der Waals surface area contributed by atoms with Gasteiger partial charge in [-0.25, -0.2) is 0 Å². The van der Waals surface area contributed by atoms with Crippen LogP contribution in [0.4, 0.5) is 34.6 Å². The van der Waals surface area contributed by atoms with Crippen molar-refractivity contribution in [3.8, 4) is 5.75 Å². The van der Waals surface area contributed by atoms with Crippen molar-refractivity contribution < 1.29 is 4.74 Å². The summed E-state index contributed by atoms with van der Waals surface area (Å²) in [5.41, 5.74) is 24.3. The number of hydrogen-bond donors (Lipinski definition) is 6. The Morgan fingerprint density at radius 1 is 0.885 bits per heavy atom. The molecular weight excluding hydrogens is 426 g/mol. The van der Waals surface area contributed by atoms with Gasteiger partial charge in [0.2, 0.25) is 5.95 Å². The molecule has 0 aliphatic heterocycles. The summed E-state index contributed by atoms with van der Waals surface area (Å²) >= 11 is 0. The van der Waals surface area contributed by atoms with Crippen molar-refractivity contribution in [1.82, 2.24) is 9.97 Å². The molecule has 0 aliphatic carbocycles. The minimum atomic E-state index is 0. The van der Waals surface area contributed by atoms with Crippen LogP contribution in [0.25, 0.3) is 0 Å². The second-order valence-electron chi connectivity index (χ2n) is 4.54. The molecule has 0 spiro atoms. The molecule has 1 heterocycles. The van der Waals surface area contributed by atoms with Gasteiger partial charge in [-0.3, -0.25) is 0 Å². The van der Waals surface area contributed by atoms with Crippen molar-refractivity contribution in [3.63, 3.8) is 0 Å². The van der Waals surface area contributed by atoms with Crippen LogP contribution in [0.15, 0.2) is 18.2 Å². The Hall–Kier alpha value is -1.94. The Morgan fingerprint density at radius 3 is 1.96 bits per heavy atom. The number of nitrogen functional groups attached to an aromatic ring is 4. The zero-order valence-electron chi connectivity index (χ0n) is 13.9. The minimum Gasteiger partial charge on any atom is -0.495 e. The molecule has 150 valence electrons. The maximum Gasteiger partial charge on any atom is 0.226 e. The van der Waals surface area contributed by atoms with Crippen molar-refractivity contribution in [3.05, 3.63) is 18.2 Å². The number of ether oxygens (including phenoxy) is 1. The first-order valence-electron chi connectivity index (χ1n) is 6.61. The third-order valence-corrected chi connectivity index (χ3v) is 2.98. The monoisotopic (exact) mass is 448 g/mol. The van der Waals surface area contributed by atoms with Crippen LogP contribution in [0.3, 0.4) is 0 Å². The normalized spacial score (nSPS) is 8.65. The van der Waals surface area contributed by atoms with Crippen LogP contribution < -0.4 is 38.3 Å². The van der Waals surface area contributed by atoms with Gasteiger partial charge in [-0.15, -0.1) is 49.6 Å². The number of methoxy groups -OCH3 is 1.